The van der Waals surface area contributed by atoms with Crippen LogP contribution in [-0.2, 0) is 28.6 Å². The van der Waals surface area contributed by atoms with Crippen molar-refractivity contribution in [3.8, 4) is 0 Å². The minimum atomic E-state index is -0.800. The molecule has 67 heavy (non-hydrogen) atoms. The zero-order valence-corrected chi connectivity index (χ0v) is 43.6. The molecule has 0 amide bonds. The lowest BCUT2D eigenvalue weighted by atomic mass is 10.0. The van der Waals surface area contributed by atoms with Crippen LogP contribution in [0.5, 0.6) is 0 Å². The number of ether oxygens (including phenoxy) is 3. The predicted molar refractivity (Wildman–Crippen MR) is 288 cm³/mol. The molecule has 6 nitrogen and oxygen atoms in total. The number of carbonyl (C=O) groups excluding carboxylic acids is 3. The second kappa shape index (κ2) is 54.9. The maximum atomic E-state index is 12.8. The molecule has 0 heterocycles. The van der Waals surface area contributed by atoms with Gasteiger partial charge in [0.05, 0.1) is 0 Å². The molecule has 382 valence electrons. The second-order valence-electron chi connectivity index (χ2n) is 18.3. The average Bonchev–Trinajstić information content (AvgIpc) is 3.33. The highest BCUT2D eigenvalue weighted by Gasteiger charge is 2.19. The maximum Gasteiger partial charge on any atom is 0.306 e. The van der Waals surface area contributed by atoms with Gasteiger partial charge < -0.3 is 14.2 Å². The molecule has 6 heteroatoms. The number of hydrogen-bond acceptors (Lipinski definition) is 6. The van der Waals surface area contributed by atoms with Crippen molar-refractivity contribution in [2.45, 2.75) is 258 Å². The molecular weight excluding hydrogens is 829 g/mol. The highest BCUT2D eigenvalue weighted by Crippen LogP contribution is 2.16. The Morgan fingerprint density at radius 1 is 0.313 bits per heavy atom. The summed E-state index contributed by atoms with van der Waals surface area (Å²) in [7, 11) is 0. The Balaban J connectivity index is 4.42. The van der Waals surface area contributed by atoms with Gasteiger partial charge in [-0.05, 0) is 57.8 Å². The maximum absolute atomic E-state index is 12.8. The first-order valence-electron chi connectivity index (χ1n) is 27.8. The van der Waals surface area contributed by atoms with Gasteiger partial charge in [0.2, 0.25) is 0 Å². The number of unbranched alkanes of at least 4 members (excludes halogenated alkanes) is 28. The van der Waals surface area contributed by atoms with Crippen LogP contribution >= 0.6 is 0 Å². The first kappa shape index (κ1) is 63.3. The Morgan fingerprint density at radius 3 is 0.910 bits per heavy atom. The van der Waals surface area contributed by atoms with E-state index in [0.29, 0.717) is 19.3 Å². The van der Waals surface area contributed by atoms with Crippen LogP contribution in [-0.4, -0.2) is 37.2 Å². The molecular formula is C61H102O6. The van der Waals surface area contributed by atoms with E-state index in [-0.39, 0.29) is 31.1 Å². The smallest absolute Gasteiger partial charge is 0.306 e. The normalized spacial score (nSPS) is 12.8. The Hall–Kier alpha value is -3.67. The minimum absolute atomic E-state index is 0.0941. The largest absolute Gasteiger partial charge is 0.462 e. The van der Waals surface area contributed by atoms with Crippen molar-refractivity contribution in [1.82, 2.24) is 0 Å². The molecule has 0 radical (unpaired) electrons. The van der Waals surface area contributed by atoms with Crippen molar-refractivity contribution >= 4 is 17.9 Å². The van der Waals surface area contributed by atoms with Crippen molar-refractivity contribution < 1.29 is 28.6 Å². The first-order chi connectivity index (χ1) is 33.0. The predicted octanol–water partition coefficient (Wildman–Crippen LogP) is 18.5. The van der Waals surface area contributed by atoms with Gasteiger partial charge in [0, 0.05) is 19.3 Å². The lowest BCUT2D eigenvalue weighted by molar-refractivity contribution is -0.167. The minimum Gasteiger partial charge on any atom is -0.462 e. The lowest BCUT2D eigenvalue weighted by Gasteiger charge is -2.18. The molecule has 0 aliphatic heterocycles. The van der Waals surface area contributed by atoms with Gasteiger partial charge in [-0.25, -0.2) is 0 Å². The SMILES string of the molecule is CC\C=C/C=C\C=C/C=C\CCCCCCCC(=O)OCC(COC(=O)CCCCCCCCCCCCCCCCCCCCC)OC(=O)CCCCCCC\C=C/C=C\C=C/C=C\CC. The Labute approximate surface area is 413 Å². The van der Waals surface area contributed by atoms with Gasteiger partial charge in [0.15, 0.2) is 6.10 Å². The lowest BCUT2D eigenvalue weighted by Crippen LogP contribution is -2.30. The zero-order valence-electron chi connectivity index (χ0n) is 43.6. The Kier molecular flexibility index (Phi) is 51.9. The van der Waals surface area contributed by atoms with Crippen LogP contribution in [0.15, 0.2) is 97.2 Å². The van der Waals surface area contributed by atoms with Crippen molar-refractivity contribution in [1.29, 1.82) is 0 Å². The third-order valence-corrected chi connectivity index (χ3v) is 11.8. The van der Waals surface area contributed by atoms with Crippen LogP contribution < -0.4 is 0 Å². The Bertz CT molecular complexity index is 1350. The van der Waals surface area contributed by atoms with E-state index in [0.717, 1.165) is 109 Å². The standard InChI is InChI=1S/C61H102O6/c1-4-7-10-13-16-19-22-25-28-29-30-31-34-36-39-42-45-48-51-54-60(63)66-57-58(67-61(64)55-52-49-46-43-40-37-33-27-24-21-18-15-12-9-6-3)56-65-59(62)53-50-47-44-41-38-35-32-26-23-20-17-14-11-8-5-2/h8-9,11-12,14-15,17-18,20-21,23-24,26-27,32-33,58H,4-7,10,13,16,19,22,25,28-31,34-57H2,1-3H3/b11-8-,12-9-,17-14-,18-15-,23-20-,24-21-,32-26-,33-27-. The topological polar surface area (TPSA) is 78.9 Å². The summed E-state index contributed by atoms with van der Waals surface area (Å²) in [5, 5.41) is 0. The van der Waals surface area contributed by atoms with Crippen LogP contribution in [0.2, 0.25) is 0 Å². The molecule has 0 aromatic heterocycles. The fourth-order valence-electron chi connectivity index (χ4n) is 7.64. The quantitative estimate of drug-likeness (QED) is 0.0262. The molecule has 0 rings (SSSR count). The third kappa shape index (κ3) is 53.2. The second-order valence-corrected chi connectivity index (χ2v) is 18.3. The summed E-state index contributed by atoms with van der Waals surface area (Å²) >= 11 is 0. The number of rotatable bonds is 49. The van der Waals surface area contributed by atoms with E-state index in [4.69, 9.17) is 14.2 Å². The molecule has 0 spiro atoms. The molecule has 0 aromatic rings. The van der Waals surface area contributed by atoms with Gasteiger partial charge in [0.25, 0.3) is 0 Å². The van der Waals surface area contributed by atoms with Gasteiger partial charge in [-0.3, -0.25) is 14.4 Å². The van der Waals surface area contributed by atoms with Crippen molar-refractivity contribution in [3.63, 3.8) is 0 Å². The highest BCUT2D eigenvalue weighted by molar-refractivity contribution is 5.71. The molecule has 0 aromatic carbocycles. The molecule has 0 bridgehead atoms. The van der Waals surface area contributed by atoms with Crippen LogP contribution in [0, 0.1) is 0 Å². The van der Waals surface area contributed by atoms with Gasteiger partial charge in [-0.15, -0.1) is 0 Å². The van der Waals surface area contributed by atoms with Gasteiger partial charge >= 0.3 is 17.9 Å². The van der Waals surface area contributed by atoms with Crippen LogP contribution in [0.25, 0.3) is 0 Å². The molecule has 0 fully saturated rings. The van der Waals surface area contributed by atoms with E-state index >= 15 is 0 Å². The summed E-state index contributed by atoms with van der Waals surface area (Å²) in [6.45, 7) is 6.34. The van der Waals surface area contributed by atoms with E-state index in [2.05, 4.69) is 81.5 Å². The fraction of sp³-hybridized carbons (Fsp3) is 0.689. The average molecular weight is 931 g/mol. The van der Waals surface area contributed by atoms with E-state index in [1.165, 1.54) is 103 Å². The summed E-state index contributed by atoms with van der Waals surface area (Å²) in [4.78, 5) is 38.1. The fourth-order valence-corrected chi connectivity index (χ4v) is 7.64. The molecule has 0 aliphatic rings. The molecule has 1 unspecified atom stereocenters. The summed E-state index contributed by atoms with van der Waals surface area (Å²) < 4.78 is 16.8. The van der Waals surface area contributed by atoms with Crippen molar-refractivity contribution in [2.24, 2.45) is 0 Å². The van der Waals surface area contributed by atoms with Crippen LogP contribution in [0.4, 0.5) is 0 Å². The third-order valence-electron chi connectivity index (χ3n) is 11.8. The highest BCUT2D eigenvalue weighted by atomic mass is 16.6. The molecule has 0 saturated heterocycles. The van der Waals surface area contributed by atoms with E-state index in [9.17, 15) is 14.4 Å². The zero-order chi connectivity index (χ0) is 48.6. The van der Waals surface area contributed by atoms with E-state index in [1.54, 1.807) is 0 Å². The number of hydrogen-bond donors (Lipinski definition) is 0. The van der Waals surface area contributed by atoms with Gasteiger partial charge in [-0.1, -0.05) is 272 Å². The van der Waals surface area contributed by atoms with Gasteiger partial charge in [-0.2, -0.15) is 0 Å². The van der Waals surface area contributed by atoms with E-state index < -0.39 is 6.10 Å². The summed E-state index contributed by atoms with van der Waals surface area (Å²) in [5.41, 5.74) is 0. The monoisotopic (exact) mass is 931 g/mol. The molecule has 1 atom stereocenters. The first-order valence-corrected chi connectivity index (χ1v) is 27.8. The van der Waals surface area contributed by atoms with Gasteiger partial charge in [0.1, 0.15) is 13.2 Å². The van der Waals surface area contributed by atoms with Crippen LogP contribution in [0.3, 0.4) is 0 Å². The van der Waals surface area contributed by atoms with E-state index in [1.807, 2.05) is 36.5 Å². The van der Waals surface area contributed by atoms with Crippen LogP contribution in [0.1, 0.15) is 252 Å². The number of esters is 3. The summed E-state index contributed by atoms with van der Waals surface area (Å²) in [5.74, 6) is -0.938. The number of carbonyl (C=O) groups is 3. The van der Waals surface area contributed by atoms with Crippen molar-refractivity contribution in [3.05, 3.63) is 97.2 Å². The molecule has 0 saturated carbocycles. The molecule has 0 N–H and O–H groups in total. The summed E-state index contributed by atoms with van der Waals surface area (Å²) in [6.07, 6.45) is 72.5. The Morgan fingerprint density at radius 2 is 0.582 bits per heavy atom. The number of allylic oxidation sites excluding steroid dienone is 16. The molecule has 0 aliphatic carbocycles. The summed E-state index contributed by atoms with van der Waals surface area (Å²) in [6, 6.07) is 0. The van der Waals surface area contributed by atoms with Crippen molar-refractivity contribution in [2.75, 3.05) is 13.2 Å².